The molecule has 1 saturated carbocycles. The van der Waals surface area contributed by atoms with Crippen molar-refractivity contribution >= 4 is 11.8 Å². The van der Waals surface area contributed by atoms with Crippen LogP contribution >= 0.6 is 0 Å². The zero-order chi connectivity index (χ0) is 19.1. The predicted molar refractivity (Wildman–Crippen MR) is 104 cm³/mol. The van der Waals surface area contributed by atoms with Crippen molar-refractivity contribution in [1.82, 2.24) is 15.5 Å². The van der Waals surface area contributed by atoms with Crippen molar-refractivity contribution in [2.24, 2.45) is 5.92 Å². The number of carbonyl (C=O) groups excluding carboxylic acids is 2. The van der Waals surface area contributed by atoms with E-state index in [0.29, 0.717) is 13.2 Å². The normalized spacial score (nSPS) is 22.3. The van der Waals surface area contributed by atoms with E-state index in [1.165, 1.54) is 12.5 Å². The van der Waals surface area contributed by atoms with Gasteiger partial charge in [0, 0.05) is 33.1 Å². The first-order valence-corrected chi connectivity index (χ1v) is 10.0. The second-order valence-electron chi connectivity index (χ2n) is 7.68. The first-order chi connectivity index (χ1) is 13.1. The maximum absolute atomic E-state index is 12.7. The highest BCUT2D eigenvalue weighted by Gasteiger charge is 2.32. The van der Waals surface area contributed by atoms with Crippen LogP contribution in [0.15, 0.2) is 30.3 Å². The summed E-state index contributed by atoms with van der Waals surface area (Å²) in [5, 5.41) is 5.86. The summed E-state index contributed by atoms with van der Waals surface area (Å²) in [7, 11) is 0. The molecule has 2 aliphatic rings. The van der Waals surface area contributed by atoms with Crippen LogP contribution in [0.3, 0.4) is 0 Å². The summed E-state index contributed by atoms with van der Waals surface area (Å²) in [4.78, 5) is 26.6. The van der Waals surface area contributed by atoms with Crippen LogP contribution in [0.2, 0.25) is 0 Å². The number of hydrogen-bond acceptors (Lipinski definition) is 4. The highest BCUT2D eigenvalue weighted by Crippen LogP contribution is 2.28. The third-order valence-electron chi connectivity index (χ3n) is 5.49. The van der Waals surface area contributed by atoms with Crippen molar-refractivity contribution in [2.45, 2.75) is 51.3 Å². The molecule has 1 aliphatic heterocycles. The van der Waals surface area contributed by atoms with Gasteiger partial charge in [0.2, 0.25) is 11.8 Å². The molecule has 2 fully saturated rings. The Morgan fingerprint density at radius 2 is 1.96 bits per heavy atom. The molecule has 3 rings (SSSR count). The Labute approximate surface area is 161 Å². The number of carbonyl (C=O) groups is 2. The van der Waals surface area contributed by atoms with Crippen LogP contribution in [0.5, 0.6) is 0 Å². The molecule has 2 N–H and O–H groups in total. The summed E-state index contributed by atoms with van der Waals surface area (Å²) in [6, 6.07) is 9.97. The highest BCUT2D eigenvalue weighted by atomic mass is 16.5. The lowest BCUT2D eigenvalue weighted by Gasteiger charge is -2.33. The van der Waals surface area contributed by atoms with Gasteiger partial charge in [0.05, 0.1) is 12.7 Å². The fourth-order valence-corrected chi connectivity index (χ4v) is 4.12. The minimum atomic E-state index is -0.422. The fraction of sp³-hybridized carbons (Fsp3) is 0.619. The Balaban J connectivity index is 1.48. The van der Waals surface area contributed by atoms with E-state index in [-0.39, 0.29) is 23.8 Å². The molecule has 1 aromatic rings. The molecule has 6 nitrogen and oxygen atoms in total. The van der Waals surface area contributed by atoms with Crippen LogP contribution in [0.25, 0.3) is 0 Å². The molecule has 148 valence electrons. The van der Waals surface area contributed by atoms with Gasteiger partial charge in [-0.2, -0.15) is 0 Å². The summed E-state index contributed by atoms with van der Waals surface area (Å²) >= 11 is 0. The first-order valence-electron chi connectivity index (χ1n) is 10.0. The van der Waals surface area contributed by atoms with Crippen LogP contribution in [0, 0.1) is 5.92 Å². The lowest BCUT2D eigenvalue weighted by molar-refractivity contribution is -0.130. The number of benzene rings is 1. The summed E-state index contributed by atoms with van der Waals surface area (Å²) in [6.07, 6.45) is 4.25. The standard InChI is InChI=1S/C21H31N3O3/c1-16(25)23-20(18-9-5-6-10-18)21(26)22-13-19-15-24(11-12-27-19)14-17-7-3-2-4-8-17/h2-4,7-8,18-20H,5-6,9-15H2,1H3,(H,22,26)(H,23,25). The lowest BCUT2D eigenvalue weighted by Crippen LogP contribution is -2.53. The van der Waals surface area contributed by atoms with Crippen LogP contribution in [-0.2, 0) is 20.9 Å². The monoisotopic (exact) mass is 373 g/mol. The Bertz CT molecular complexity index is 616. The van der Waals surface area contributed by atoms with E-state index in [9.17, 15) is 9.59 Å². The Morgan fingerprint density at radius 3 is 2.67 bits per heavy atom. The van der Waals surface area contributed by atoms with E-state index >= 15 is 0 Å². The van der Waals surface area contributed by atoms with Crippen molar-refractivity contribution in [3.8, 4) is 0 Å². The van der Waals surface area contributed by atoms with Crippen molar-refractivity contribution in [3.05, 3.63) is 35.9 Å². The van der Waals surface area contributed by atoms with E-state index in [1.807, 2.05) is 6.07 Å². The van der Waals surface area contributed by atoms with Gasteiger partial charge in [-0.3, -0.25) is 14.5 Å². The highest BCUT2D eigenvalue weighted by molar-refractivity contribution is 5.87. The second kappa shape index (κ2) is 9.85. The largest absolute Gasteiger partial charge is 0.374 e. The van der Waals surface area contributed by atoms with E-state index in [1.54, 1.807) is 0 Å². The molecule has 2 unspecified atom stereocenters. The van der Waals surface area contributed by atoms with Gasteiger partial charge >= 0.3 is 0 Å². The number of rotatable bonds is 7. The van der Waals surface area contributed by atoms with Crippen molar-refractivity contribution in [2.75, 3.05) is 26.2 Å². The third kappa shape index (κ3) is 6.04. The summed E-state index contributed by atoms with van der Waals surface area (Å²) in [5.74, 6) is 0.0154. The zero-order valence-corrected chi connectivity index (χ0v) is 16.2. The molecule has 2 amide bonds. The van der Waals surface area contributed by atoms with Crippen LogP contribution in [-0.4, -0.2) is 55.1 Å². The van der Waals surface area contributed by atoms with Gasteiger partial charge in [-0.05, 0) is 24.3 Å². The maximum Gasteiger partial charge on any atom is 0.242 e. The molecule has 0 aromatic heterocycles. The van der Waals surface area contributed by atoms with Gasteiger partial charge in [0.25, 0.3) is 0 Å². The van der Waals surface area contributed by atoms with Crippen LogP contribution < -0.4 is 10.6 Å². The fourth-order valence-electron chi connectivity index (χ4n) is 4.12. The molecule has 6 heteroatoms. The minimum absolute atomic E-state index is 0.0204. The molecule has 1 saturated heterocycles. The molecule has 2 atom stereocenters. The molecular formula is C21H31N3O3. The smallest absolute Gasteiger partial charge is 0.242 e. The van der Waals surface area contributed by atoms with E-state index < -0.39 is 6.04 Å². The van der Waals surface area contributed by atoms with Crippen LogP contribution in [0.4, 0.5) is 0 Å². The molecule has 1 heterocycles. The minimum Gasteiger partial charge on any atom is -0.374 e. The molecule has 0 spiro atoms. The van der Waals surface area contributed by atoms with Gasteiger partial charge in [-0.25, -0.2) is 0 Å². The molecule has 1 aromatic carbocycles. The third-order valence-corrected chi connectivity index (χ3v) is 5.49. The van der Waals surface area contributed by atoms with Gasteiger partial charge in [-0.15, -0.1) is 0 Å². The van der Waals surface area contributed by atoms with Gasteiger partial charge in [-0.1, -0.05) is 43.2 Å². The van der Waals surface area contributed by atoms with Crippen molar-refractivity contribution in [3.63, 3.8) is 0 Å². The second-order valence-corrected chi connectivity index (χ2v) is 7.68. The first kappa shape index (κ1) is 19.8. The number of hydrogen-bond donors (Lipinski definition) is 2. The summed E-state index contributed by atoms with van der Waals surface area (Å²) < 4.78 is 5.84. The van der Waals surface area contributed by atoms with Gasteiger partial charge < -0.3 is 15.4 Å². The topological polar surface area (TPSA) is 70.7 Å². The molecular weight excluding hydrogens is 342 g/mol. The maximum atomic E-state index is 12.7. The average Bonchev–Trinajstić information content (AvgIpc) is 3.20. The number of amides is 2. The van der Waals surface area contributed by atoms with Crippen LogP contribution in [0.1, 0.15) is 38.2 Å². The van der Waals surface area contributed by atoms with E-state index in [0.717, 1.165) is 45.3 Å². The molecule has 1 aliphatic carbocycles. The molecule has 27 heavy (non-hydrogen) atoms. The number of morpholine rings is 1. The Morgan fingerprint density at radius 1 is 1.22 bits per heavy atom. The molecule has 0 bridgehead atoms. The Hall–Kier alpha value is -1.92. The molecule has 0 radical (unpaired) electrons. The quantitative estimate of drug-likeness (QED) is 0.763. The van der Waals surface area contributed by atoms with Gasteiger partial charge in [0.1, 0.15) is 6.04 Å². The summed E-state index contributed by atoms with van der Waals surface area (Å²) in [5.41, 5.74) is 1.29. The van der Waals surface area contributed by atoms with E-state index in [2.05, 4.69) is 39.8 Å². The van der Waals surface area contributed by atoms with Crippen molar-refractivity contribution in [1.29, 1.82) is 0 Å². The summed E-state index contributed by atoms with van der Waals surface area (Å²) in [6.45, 7) is 5.21. The number of nitrogens with one attached hydrogen (secondary N) is 2. The van der Waals surface area contributed by atoms with Gasteiger partial charge in [0.15, 0.2) is 0 Å². The lowest BCUT2D eigenvalue weighted by atomic mass is 9.97. The number of nitrogens with zero attached hydrogens (tertiary/aromatic N) is 1. The van der Waals surface area contributed by atoms with E-state index in [4.69, 9.17) is 4.74 Å². The zero-order valence-electron chi connectivity index (χ0n) is 16.2. The number of ether oxygens (including phenoxy) is 1. The van der Waals surface area contributed by atoms with Crippen molar-refractivity contribution < 1.29 is 14.3 Å². The SMILES string of the molecule is CC(=O)NC(C(=O)NCC1CN(Cc2ccccc2)CCO1)C1CCCC1. The Kier molecular flexibility index (Phi) is 7.24. The average molecular weight is 373 g/mol. The predicted octanol–water partition coefficient (Wildman–Crippen LogP) is 1.70.